The predicted octanol–water partition coefficient (Wildman–Crippen LogP) is 2.51. The maximum absolute atomic E-state index is 9.23. The van der Waals surface area contributed by atoms with E-state index in [4.69, 9.17) is 0 Å². The molecule has 64 valence electrons. The molecule has 1 heteroatoms. The van der Waals surface area contributed by atoms with E-state index in [1.165, 1.54) is 24.8 Å². The number of rotatable bonds is 3. The van der Waals surface area contributed by atoms with Crippen LogP contribution in [0.4, 0.5) is 0 Å². The molecule has 0 aliphatic heterocycles. The molecule has 0 heterocycles. The zero-order chi connectivity index (χ0) is 8.32. The third-order valence-electron chi connectivity index (χ3n) is 2.93. The number of hydrogen-bond donors (Lipinski definition) is 1. The van der Waals surface area contributed by atoms with Crippen molar-refractivity contribution in [2.45, 2.75) is 39.5 Å². The lowest BCUT2D eigenvalue weighted by molar-refractivity contribution is 0.0968. The Bertz CT molecular complexity index is 156. The lowest BCUT2D eigenvalue weighted by atomic mass is 9.62. The van der Waals surface area contributed by atoms with E-state index in [0.717, 1.165) is 6.42 Å². The third kappa shape index (κ3) is 1.34. The molecule has 1 unspecified atom stereocenters. The van der Waals surface area contributed by atoms with Gasteiger partial charge in [0.1, 0.15) is 0 Å². The molecule has 1 rings (SSSR count). The molecular weight excluding hydrogens is 136 g/mol. The van der Waals surface area contributed by atoms with E-state index < -0.39 is 0 Å². The van der Waals surface area contributed by atoms with E-state index in [0.29, 0.717) is 6.61 Å². The molecule has 0 amide bonds. The zero-order valence-corrected chi connectivity index (χ0v) is 7.56. The third-order valence-corrected chi connectivity index (χ3v) is 2.93. The highest BCUT2D eigenvalue weighted by Gasteiger charge is 2.39. The lowest BCUT2D eigenvalue weighted by Crippen LogP contribution is -2.36. The molecule has 1 N–H and O–H groups in total. The first-order valence-corrected chi connectivity index (χ1v) is 4.55. The van der Waals surface area contributed by atoms with Gasteiger partial charge in [0.2, 0.25) is 0 Å². The molecule has 0 saturated heterocycles. The first-order valence-electron chi connectivity index (χ1n) is 4.55. The smallest absolute Gasteiger partial charge is 0.0524 e. The van der Waals surface area contributed by atoms with Crippen LogP contribution >= 0.6 is 0 Å². The molecule has 1 nitrogen and oxygen atoms in total. The Morgan fingerprint density at radius 2 is 2.36 bits per heavy atom. The van der Waals surface area contributed by atoms with Crippen LogP contribution in [0.15, 0.2) is 11.6 Å². The van der Waals surface area contributed by atoms with Gasteiger partial charge in [-0.3, -0.25) is 0 Å². The van der Waals surface area contributed by atoms with Crippen molar-refractivity contribution in [2.24, 2.45) is 5.41 Å². The van der Waals surface area contributed by atoms with Gasteiger partial charge in [-0.2, -0.15) is 0 Å². The number of allylic oxidation sites excluding steroid dienone is 1. The molecule has 0 aromatic carbocycles. The van der Waals surface area contributed by atoms with Gasteiger partial charge >= 0.3 is 0 Å². The Kier molecular flexibility index (Phi) is 2.72. The minimum atomic E-state index is 0.198. The van der Waals surface area contributed by atoms with Crippen LogP contribution in [0, 0.1) is 5.41 Å². The highest BCUT2D eigenvalue weighted by Crippen LogP contribution is 2.49. The summed E-state index contributed by atoms with van der Waals surface area (Å²) in [6.07, 6.45) is 6.91. The molecule has 0 bridgehead atoms. The summed E-state index contributed by atoms with van der Waals surface area (Å²) in [4.78, 5) is 0. The average molecular weight is 154 g/mol. The van der Waals surface area contributed by atoms with Crippen molar-refractivity contribution < 1.29 is 5.11 Å². The highest BCUT2D eigenvalue weighted by molar-refractivity contribution is 5.22. The van der Waals surface area contributed by atoms with Crippen molar-refractivity contribution in [3.8, 4) is 0 Å². The molecule has 11 heavy (non-hydrogen) atoms. The fraction of sp³-hybridized carbons (Fsp3) is 0.800. The van der Waals surface area contributed by atoms with E-state index in [1.54, 1.807) is 0 Å². The van der Waals surface area contributed by atoms with Crippen molar-refractivity contribution in [3.63, 3.8) is 0 Å². The maximum atomic E-state index is 9.23. The maximum Gasteiger partial charge on any atom is 0.0524 e. The Morgan fingerprint density at radius 1 is 1.64 bits per heavy atom. The molecule has 0 aromatic heterocycles. The Labute approximate surface area is 69.1 Å². The van der Waals surface area contributed by atoms with Gasteiger partial charge in [-0.15, -0.1) is 0 Å². The molecule has 1 atom stereocenters. The van der Waals surface area contributed by atoms with Gasteiger partial charge < -0.3 is 5.11 Å². The SMILES string of the molecule is C/C=C1\CCC1(CO)CCC. The van der Waals surface area contributed by atoms with Crippen LogP contribution in [0.5, 0.6) is 0 Å². The number of aliphatic hydroxyl groups excluding tert-OH is 1. The van der Waals surface area contributed by atoms with Crippen LogP contribution in [-0.2, 0) is 0 Å². The van der Waals surface area contributed by atoms with Crippen LogP contribution in [-0.4, -0.2) is 11.7 Å². The van der Waals surface area contributed by atoms with E-state index in [1.807, 2.05) is 0 Å². The molecule has 1 fully saturated rings. The van der Waals surface area contributed by atoms with Crippen molar-refractivity contribution in [3.05, 3.63) is 11.6 Å². The Hall–Kier alpha value is -0.300. The summed E-state index contributed by atoms with van der Waals surface area (Å²) in [6.45, 7) is 4.61. The largest absolute Gasteiger partial charge is 0.395 e. The average Bonchev–Trinajstić information content (AvgIpc) is 1.99. The van der Waals surface area contributed by atoms with Crippen LogP contribution in [0.3, 0.4) is 0 Å². The van der Waals surface area contributed by atoms with Crippen molar-refractivity contribution in [1.82, 2.24) is 0 Å². The summed E-state index contributed by atoms with van der Waals surface area (Å²) in [7, 11) is 0. The second kappa shape index (κ2) is 3.40. The van der Waals surface area contributed by atoms with Gasteiger partial charge in [-0.25, -0.2) is 0 Å². The minimum Gasteiger partial charge on any atom is -0.395 e. The van der Waals surface area contributed by atoms with Crippen LogP contribution in [0.2, 0.25) is 0 Å². The normalized spacial score (nSPS) is 33.9. The second-order valence-electron chi connectivity index (χ2n) is 3.50. The van der Waals surface area contributed by atoms with Crippen LogP contribution in [0.25, 0.3) is 0 Å². The number of aliphatic hydroxyl groups is 1. The molecule has 0 spiro atoms. The fourth-order valence-corrected chi connectivity index (χ4v) is 2.10. The molecule has 1 aliphatic rings. The summed E-state index contributed by atoms with van der Waals surface area (Å²) in [5.74, 6) is 0. The molecule has 1 aliphatic carbocycles. The van der Waals surface area contributed by atoms with E-state index in [9.17, 15) is 5.11 Å². The first kappa shape index (κ1) is 8.79. The zero-order valence-electron chi connectivity index (χ0n) is 7.56. The molecular formula is C10H18O. The monoisotopic (exact) mass is 154 g/mol. The van der Waals surface area contributed by atoms with Crippen LogP contribution < -0.4 is 0 Å². The minimum absolute atomic E-state index is 0.198. The summed E-state index contributed by atoms with van der Waals surface area (Å²) in [5.41, 5.74) is 1.67. The van der Waals surface area contributed by atoms with Gasteiger partial charge in [-0.05, 0) is 26.2 Å². The summed E-state index contributed by atoms with van der Waals surface area (Å²) in [5, 5.41) is 9.23. The quantitative estimate of drug-likeness (QED) is 0.619. The topological polar surface area (TPSA) is 20.2 Å². The molecule has 0 aromatic rings. The Balaban J connectivity index is 2.61. The van der Waals surface area contributed by atoms with Crippen molar-refractivity contribution in [2.75, 3.05) is 6.61 Å². The van der Waals surface area contributed by atoms with Crippen molar-refractivity contribution >= 4 is 0 Å². The summed E-state index contributed by atoms with van der Waals surface area (Å²) in [6, 6.07) is 0. The lowest BCUT2D eigenvalue weighted by Gasteiger charge is -2.43. The fourth-order valence-electron chi connectivity index (χ4n) is 2.10. The second-order valence-corrected chi connectivity index (χ2v) is 3.50. The Morgan fingerprint density at radius 3 is 2.64 bits per heavy atom. The van der Waals surface area contributed by atoms with Gasteiger partial charge in [-0.1, -0.05) is 25.0 Å². The van der Waals surface area contributed by atoms with E-state index in [-0.39, 0.29) is 5.41 Å². The number of hydrogen-bond acceptors (Lipinski definition) is 1. The van der Waals surface area contributed by atoms with Gasteiger partial charge in [0.05, 0.1) is 6.61 Å². The van der Waals surface area contributed by atoms with Crippen LogP contribution in [0.1, 0.15) is 39.5 Å². The molecule has 0 radical (unpaired) electrons. The summed E-state index contributed by atoms with van der Waals surface area (Å²) < 4.78 is 0. The predicted molar refractivity (Wildman–Crippen MR) is 47.4 cm³/mol. The summed E-state index contributed by atoms with van der Waals surface area (Å²) >= 11 is 0. The van der Waals surface area contributed by atoms with E-state index in [2.05, 4.69) is 19.9 Å². The van der Waals surface area contributed by atoms with Gasteiger partial charge in [0.15, 0.2) is 0 Å². The van der Waals surface area contributed by atoms with Crippen molar-refractivity contribution in [1.29, 1.82) is 0 Å². The molecule has 1 saturated carbocycles. The highest BCUT2D eigenvalue weighted by atomic mass is 16.3. The standard InChI is InChI=1S/C10H18O/c1-3-6-10(8-11)7-5-9(10)4-2/h4,11H,3,5-8H2,1-2H3/b9-4+. The van der Waals surface area contributed by atoms with Gasteiger partial charge in [0.25, 0.3) is 0 Å². The van der Waals surface area contributed by atoms with Gasteiger partial charge in [0, 0.05) is 5.41 Å². The first-order chi connectivity index (χ1) is 5.29. The van der Waals surface area contributed by atoms with E-state index >= 15 is 0 Å².